The lowest BCUT2D eigenvalue weighted by molar-refractivity contribution is 0.160. The van der Waals surface area contributed by atoms with Crippen molar-refractivity contribution in [3.05, 3.63) is 12.3 Å². The average Bonchev–Trinajstić information content (AvgIpc) is 2.45. The third-order valence-corrected chi connectivity index (χ3v) is 3.75. The quantitative estimate of drug-likeness (QED) is 0.771. The number of nitrogens with one attached hydrogen (secondary N) is 2. The molecule has 0 spiro atoms. The van der Waals surface area contributed by atoms with Gasteiger partial charge in [-0.25, -0.2) is 4.98 Å². The van der Waals surface area contributed by atoms with E-state index < -0.39 is 0 Å². The molecule has 0 amide bonds. The SMILES string of the molecule is CNc1nccc(NCCCN2CCCCC2C)n1. The van der Waals surface area contributed by atoms with E-state index in [9.17, 15) is 0 Å². The van der Waals surface area contributed by atoms with Crippen LogP contribution in [-0.2, 0) is 0 Å². The van der Waals surface area contributed by atoms with E-state index in [1.54, 1.807) is 6.20 Å². The van der Waals surface area contributed by atoms with Crippen LogP contribution in [0.4, 0.5) is 11.8 Å². The van der Waals surface area contributed by atoms with Crippen molar-refractivity contribution in [1.82, 2.24) is 14.9 Å². The maximum absolute atomic E-state index is 4.34. The van der Waals surface area contributed by atoms with E-state index in [-0.39, 0.29) is 0 Å². The number of rotatable bonds is 6. The van der Waals surface area contributed by atoms with Gasteiger partial charge in [0, 0.05) is 32.4 Å². The molecule has 2 rings (SSSR count). The highest BCUT2D eigenvalue weighted by molar-refractivity contribution is 5.38. The van der Waals surface area contributed by atoms with E-state index in [2.05, 4.69) is 32.4 Å². The fraction of sp³-hybridized carbons (Fsp3) is 0.714. The molecule has 1 aliphatic rings. The van der Waals surface area contributed by atoms with Crippen molar-refractivity contribution >= 4 is 11.8 Å². The number of piperidine rings is 1. The fourth-order valence-electron chi connectivity index (χ4n) is 2.57. The van der Waals surface area contributed by atoms with Crippen LogP contribution in [0.3, 0.4) is 0 Å². The third kappa shape index (κ3) is 4.35. The van der Waals surface area contributed by atoms with Crippen molar-refractivity contribution in [2.75, 3.05) is 37.3 Å². The van der Waals surface area contributed by atoms with Crippen molar-refractivity contribution in [2.24, 2.45) is 0 Å². The van der Waals surface area contributed by atoms with E-state index in [1.165, 1.54) is 32.4 Å². The van der Waals surface area contributed by atoms with E-state index in [4.69, 9.17) is 0 Å². The van der Waals surface area contributed by atoms with Gasteiger partial charge < -0.3 is 15.5 Å². The van der Waals surface area contributed by atoms with Crippen molar-refractivity contribution in [3.63, 3.8) is 0 Å². The summed E-state index contributed by atoms with van der Waals surface area (Å²) < 4.78 is 0. The smallest absolute Gasteiger partial charge is 0.224 e. The topological polar surface area (TPSA) is 53.1 Å². The molecule has 0 bridgehead atoms. The van der Waals surface area contributed by atoms with Crippen LogP contribution in [0.2, 0.25) is 0 Å². The van der Waals surface area contributed by atoms with Crippen LogP contribution in [0.1, 0.15) is 32.6 Å². The monoisotopic (exact) mass is 263 g/mol. The second-order valence-corrected chi connectivity index (χ2v) is 5.18. The molecular weight excluding hydrogens is 238 g/mol. The maximum Gasteiger partial charge on any atom is 0.224 e. The first kappa shape index (κ1) is 14.1. The van der Waals surface area contributed by atoms with Gasteiger partial charge in [-0.2, -0.15) is 4.98 Å². The van der Waals surface area contributed by atoms with Crippen LogP contribution in [0, 0.1) is 0 Å². The van der Waals surface area contributed by atoms with Gasteiger partial charge in [-0.05, 0) is 38.8 Å². The van der Waals surface area contributed by atoms with E-state index in [0.29, 0.717) is 5.95 Å². The minimum absolute atomic E-state index is 0.662. The summed E-state index contributed by atoms with van der Waals surface area (Å²) >= 11 is 0. The highest BCUT2D eigenvalue weighted by Gasteiger charge is 2.16. The van der Waals surface area contributed by atoms with Crippen LogP contribution in [-0.4, -0.2) is 47.6 Å². The van der Waals surface area contributed by atoms with Gasteiger partial charge in [-0.1, -0.05) is 6.42 Å². The average molecular weight is 263 g/mol. The van der Waals surface area contributed by atoms with Gasteiger partial charge in [0.2, 0.25) is 5.95 Å². The Morgan fingerprint density at radius 3 is 3.11 bits per heavy atom. The molecule has 1 aromatic heterocycles. The van der Waals surface area contributed by atoms with Gasteiger partial charge in [0.05, 0.1) is 0 Å². The Morgan fingerprint density at radius 1 is 1.42 bits per heavy atom. The van der Waals surface area contributed by atoms with E-state index >= 15 is 0 Å². The summed E-state index contributed by atoms with van der Waals surface area (Å²) in [5.41, 5.74) is 0. The van der Waals surface area contributed by atoms with Gasteiger partial charge in [-0.15, -0.1) is 0 Å². The van der Waals surface area contributed by atoms with Gasteiger partial charge in [0.25, 0.3) is 0 Å². The summed E-state index contributed by atoms with van der Waals surface area (Å²) in [6, 6.07) is 2.66. The Morgan fingerprint density at radius 2 is 2.32 bits per heavy atom. The number of likely N-dealkylation sites (tertiary alicyclic amines) is 1. The van der Waals surface area contributed by atoms with Crippen LogP contribution in [0.25, 0.3) is 0 Å². The third-order valence-electron chi connectivity index (χ3n) is 3.75. The maximum atomic E-state index is 4.34. The first-order valence-corrected chi connectivity index (χ1v) is 7.28. The summed E-state index contributed by atoms with van der Waals surface area (Å²) in [7, 11) is 1.83. The Hall–Kier alpha value is -1.36. The standard InChI is InChI=1S/C14H25N5/c1-12-6-3-4-10-19(12)11-5-8-16-13-7-9-17-14(15-2)18-13/h7,9,12H,3-6,8,10-11H2,1-2H3,(H2,15,16,17,18). The first-order valence-electron chi connectivity index (χ1n) is 7.28. The molecule has 0 aliphatic carbocycles. The lowest BCUT2D eigenvalue weighted by Crippen LogP contribution is -2.38. The molecule has 2 N–H and O–H groups in total. The normalized spacial score (nSPS) is 20.2. The number of anilines is 2. The molecule has 1 aliphatic heterocycles. The van der Waals surface area contributed by atoms with Gasteiger partial charge in [0.1, 0.15) is 5.82 Å². The summed E-state index contributed by atoms with van der Waals surface area (Å²) in [5.74, 6) is 1.56. The Bertz CT molecular complexity index is 382. The van der Waals surface area contributed by atoms with Crippen molar-refractivity contribution in [3.8, 4) is 0 Å². The van der Waals surface area contributed by atoms with Gasteiger partial charge in [0.15, 0.2) is 0 Å². The van der Waals surface area contributed by atoms with Crippen LogP contribution in [0.5, 0.6) is 0 Å². The predicted octanol–water partition coefficient (Wildman–Crippen LogP) is 2.19. The summed E-state index contributed by atoms with van der Waals surface area (Å²) in [6.45, 7) is 5.75. The molecule has 0 aromatic carbocycles. The summed E-state index contributed by atoms with van der Waals surface area (Å²) in [5, 5.41) is 6.30. The van der Waals surface area contributed by atoms with Crippen molar-refractivity contribution < 1.29 is 0 Å². The molecule has 2 heterocycles. The largest absolute Gasteiger partial charge is 0.370 e. The minimum Gasteiger partial charge on any atom is -0.370 e. The zero-order valence-electron chi connectivity index (χ0n) is 12.0. The zero-order valence-corrected chi connectivity index (χ0v) is 12.0. The van der Waals surface area contributed by atoms with Crippen LogP contribution >= 0.6 is 0 Å². The molecular formula is C14H25N5. The number of aromatic nitrogens is 2. The van der Waals surface area contributed by atoms with E-state index in [0.717, 1.165) is 24.8 Å². The summed E-state index contributed by atoms with van der Waals surface area (Å²) in [6.07, 6.45) is 7.03. The van der Waals surface area contributed by atoms with Crippen LogP contribution < -0.4 is 10.6 Å². The van der Waals surface area contributed by atoms with Gasteiger partial charge in [-0.3, -0.25) is 0 Å². The number of hydrogen-bond acceptors (Lipinski definition) is 5. The lowest BCUT2D eigenvalue weighted by atomic mass is 10.0. The second kappa shape index (κ2) is 7.28. The predicted molar refractivity (Wildman–Crippen MR) is 79.6 cm³/mol. The highest BCUT2D eigenvalue weighted by atomic mass is 15.2. The molecule has 5 nitrogen and oxygen atoms in total. The molecule has 1 atom stereocenters. The van der Waals surface area contributed by atoms with E-state index in [1.807, 2.05) is 13.1 Å². The molecule has 106 valence electrons. The second-order valence-electron chi connectivity index (χ2n) is 5.18. The van der Waals surface area contributed by atoms with Gasteiger partial charge >= 0.3 is 0 Å². The lowest BCUT2D eigenvalue weighted by Gasteiger charge is -2.33. The molecule has 5 heteroatoms. The molecule has 0 saturated carbocycles. The molecule has 1 aromatic rings. The molecule has 1 fully saturated rings. The van der Waals surface area contributed by atoms with Crippen LogP contribution in [0.15, 0.2) is 12.3 Å². The molecule has 19 heavy (non-hydrogen) atoms. The Balaban J connectivity index is 1.68. The summed E-state index contributed by atoms with van der Waals surface area (Å²) in [4.78, 5) is 11.0. The Kier molecular flexibility index (Phi) is 5.39. The molecule has 0 radical (unpaired) electrons. The minimum atomic E-state index is 0.662. The zero-order chi connectivity index (χ0) is 13.5. The fourth-order valence-corrected chi connectivity index (χ4v) is 2.57. The highest BCUT2D eigenvalue weighted by Crippen LogP contribution is 2.16. The van der Waals surface area contributed by atoms with Crippen molar-refractivity contribution in [2.45, 2.75) is 38.6 Å². The molecule has 1 unspecified atom stereocenters. The van der Waals surface area contributed by atoms with Crippen molar-refractivity contribution in [1.29, 1.82) is 0 Å². The first-order chi connectivity index (χ1) is 9.29. The molecule has 1 saturated heterocycles. The number of nitrogens with zero attached hydrogens (tertiary/aromatic N) is 3. The Labute approximate surface area is 115 Å². The number of hydrogen-bond donors (Lipinski definition) is 2.